The summed E-state index contributed by atoms with van der Waals surface area (Å²) < 4.78 is 0. The van der Waals surface area contributed by atoms with Gasteiger partial charge in [0, 0.05) is 5.56 Å². The van der Waals surface area contributed by atoms with E-state index in [1.54, 1.807) is 6.20 Å². The molecule has 2 N–H and O–H groups in total. The number of H-pyrrole nitrogens is 1. The van der Waals surface area contributed by atoms with E-state index in [2.05, 4.69) is 23.0 Å². The molecule has 0 amide bonds. The summed E-state index contributed by atoms with van der Waals surface area (Å²) in [6.07, 6.45) is 1.74. The molecule has 2 aromatic rings. The molecule has 18 heavy (non-hydrogen) atoms. The molecule has 0 aliphatic heterocycles. The van der Waals surface area contributed by atoms with E-state index in [-0.39, 0.29) is 5.75 Å². The van der Waals surface area contributed by atoms with Crippen LogP contribution in [-0.2, 0) is 4.79 Å². The summed E-state index contributed by atoms with van der Waals surface area (Å²) in [4.78, 5) is 17.8. The number of thioether (sulfide) groups is 1. The van der Waals surface area contributed by atoms with E-state index < -0.39 is 5.97 Å². The summed E-state index contributed by atoms with van der Waals surface area (Å²) in [5.41, 5.74) is 4.40. The normalized spacial score (nSPS) is 10.6. The van der Waals surface area contributed by atoms with Gasteiger partial charge in [-0.2, -0.15) is 0 Å². The van der Waals surface area contributed by atoms with Gasteiger partial charge in [0.1, 0.15) is 0 Å². The van der Waals surface area contributed by atoms with Crippen molar-refractivity contribution in [3.8, 4) is 11.3 Å². The summed E-state index contributed by atoms with van der Waals surface area (Å²) in [5, 5.41) is 9.24. The molecular formula is C13H14N2O2S. The molecule has 0 radical (unpaired) electrons. The van der Waals surface area contributed by atoms with Crippen molar-refractivity contribution in [1.29, 1.82) is 0 Å². The van der Waals surface area contributed by atoms with Gasteiger partial charge in [0.05, 0.1) is 17.6 Å². The molecule has 1 aromatic carbocycles. The highest BCUT2D eigenvalue weighted by Gasteiger charge is 2.07. The minimum atomic E-state index is -0.843. The number of carboxylic acid groups (broad SMARTS) is 1. The van der Waals surface area contributed by atoms with Gasteiger partial charge in [0.15, 0.2) is 5.16 Å². The Morgan fingerprint density at radius 2 is 2.22 bits per heavy atom. The molecule has 0 saturated heterocycles. The van der Waals surface area contributed by atoms with Gasteiger partial charge in [0.25, 0.3) is 0 Å². The number of aromatic nitrogens is 2. The first-order valence-corrected chi connectivity index (χ1v) is 6.52. The largest absolute Gasteiger partial charge is 0.481 e. The van der Waals surface area contributed by atoms with E-state index in [1.807, 2.05) is 19.1 Å². The maximum absolute atomic E-state index is 10.5. The van der Waals surface area contributed by atoms with Crippen molar-refractivity contribution >= 4 is 17.7 Å². The van der Waals surface area contributed by atoms with Crippen LogP contribution in [0.25, 0.3) is 11.3 Å². The molecular weight excluding hydrogens is 248 g/mol. The highest BCUT2D eigenvalue weighted by atomic mass is 32.2. The summed E-state index contributed by atoms with van der Waals surface area (Å²) in [6.45, 7) is 4.10. The number of aryl methyl sites for hydroxylation is 2. The fourth-order valence-corrected chi connectivity index (χ4v) is 2.33. The minimum absolute atomic E-state index is 0.0137. The van der Waals surface area contributed by atoms with Crippen LogP contribution >= 0.6 is 11.8 Å². The van der Waals surface area contributed by atoms with Crippen molar-refractivity contribution in [1.82, 2.24) is 9.97 Å². The third-order valence-corrected chi connectivity index (χ3v) is 3.43. The van der Waals surface area contributed by atoms with Crippen molar-refractivity contribution in [3.63, 3.8) is 0 Å². The van der Waals surface area contributed by atoms with Crippen LogP contribution in [0.1, 0.15) is 11.1 Å². The number of imidazole rings is 1. The first kappa shape index (κ1) is 12.7. The zero-order valence-corrected chi connectivity index (χ0v) is 11.0. The summed E-state index contributed by atoms with van der Waals surface area (Å²) in [7, 11) is 0. The Morgan fingerprint density at radius 1 is 1.44 bits per heavy atom. The number of hydrogen-bond donors (Lipinski definition) is 2. The van der Waals surface area contributed by atoms with Crippen LogP contribution < -0.4 is 0 Å². The molecule has 0 saturated carbocycles. The molecule has 5 heteroatoms. The Hall–Kier alpha value is -1.75. The second kappa shape index (κ2) is 5.27. The van der Waals surface area contributed by atoms with Crippen molar-refractivity contribution in [3.05, 3.63) is 35.5 Å². The second-order valence-corrected chi connectivity index (χ2v) is 5.07. The van der Waals surface area contributed by atoms with Gasteiger partial charge in [-0.25, -0.2) is 4.98 Å². The number of benzene rings is 1. The Balaban J connectivity index is 2.21. The van der Waals surface area contributed by atoms with Crippen molar-refractivity contribution in [2.24, 2.45) is 0 Å². The molecule has 0 aliphatic rings. The van der Waals surface area contributed by atoms with Gasteiger partial charge in [-0.1, -0.05) is 35.5 Å². The first-order valence-electron chi connectivity index (χ1n) is 5.53. The monoisotopic (exact) mass is 262 g/mol. The number of aromatic amines is 1. The standard InChI is InChI=1S/C13H14N2O2S/c1-8-3-4-10(9(2)5-8)11-6-14-13(15-11)18-7-12(16)17/h3-6H,7H2,1-2H3,(H,14,15)(H,16,17). The molecule has 0 unspecified atom stereocenters. The number of carboxylic acids is 1. The van der Waals surface area contributed by atoms with E-state index in [4.69, 9.17) is 5.11 Å². The molecule has 0 atom stereocenters. The highest BCUT2D eigenvalue weighted by molar-refractivity contribution is 7.99. The summed E-state index contributed by atoms with van der Waals surface area (Å²) >= 11 is 1.19. The van der Waals surface area contributed by atoms with Gasteiger partial charge in [-0.3, -0.25) is 4.79 Å². The van der Waals surface area contributed by atoms with Gasteiger partial charge in [-0.05, 0) is 19.4 Å². The number of carbonyl (C=O) groups is 1. The van der Waals surface area contributed by atoms with E-state index in [9.17, 15) is 4.79 Å². The van der Waals surface area contributed by atoms with Crippen molar-refractivity contribution in [2.75, 3.05) is 5.75 Å². The van der Waals surface area contributed by atoms with Crippen LogP contribution in [0.15, 0.2) is 29.6 Å². The van der Waals surface area contributed by atoms with Gasteiger partial charge < -0.3 is 10.1 Å². The lowest BCUT2D eigenvalue weighted by molar-refractivity contribution is -0.133. The van der Waals surface area contributed by atoms with Crippen LogP contribution in [0.3, 0.4) is 0 Å². The number of hydrogen-bond acceptors (Lipinski definition) is 3. The van der Waals surface area contributed by atoms with Crippen molar-refractivity contribution in [2.45, 2.75) is 19.0 Å². The van der Waals surface area contributed by atoms with Gasteiger partial charge >= 0.3 is 5.97 Å². The summed E-state index contributed by atoms with van der Waals surface area (Å²) in [6, 6.07) is 6.21. The Labute approximate surface area is 109 Å². The highest BCUT2D eigenvalue weighted by Crippen LogP contribution is 2.24. The van der Waals surface area contributed by atoms with Crippen LogP contribution in [-0.4, -0.2) is 26.8 Å². The number of rotatable bonds is 4. The fourth-order valence-electron chi connectivity index (χ4n) is 1.76. The predicted octanol–water partition coefficient (Wildman–Crippen LogP) is 2.87. The molecule has 0 bridgehead atoms. The lowest BCUT2D eigenvalue weighted by Crippen LogP contribution is -1.97. The average Bonchev–Trinajstić information content (AvgIpc) is 2.75. The molecule has 0 fully saturated rings. The Bertz CT molecular complexity index is 578. The minimum Gasteiger partial charge on any atom is -0.481 e. The molecule has 0 aliphatic carbocycles. The molecule has 0 spiro atoms. The smallest absolute Gasteiger partial charge is 0.313 e. The van der Waals surface area contributed by atoms with Crippen molar-refractivity contribution < 1.29 is 9.90 Å². The summed E-state index contributed by atoms with van der Waals surface area (Å²) in [5.74, 6) is -0.829. The fraction of sp³-hybridized carbons (Fsp3) is 0.231. The maximum Gasteiger partial charge on any atom is 0.313 e. The van der Waals surface area contributed by atoms with E-state index in [0.29, 0.717) is 5.16 Å². The van der Waals surface area contributed by atoms with Gasteiger partial charge in [0.2, 0.25) is 0 Å². The number of nitrogens with zero attached hydrogens (tertiary/aromatic N) is 1. The predicted molar refractivity (Wildman–Crippen MR) is 71.9 cm³/mol. The first-order chi connectivity index (χ1) is 8.56. The number of aliphatic carboxylic acids is 1. The lowest BCUT2D eigenvalue weighted by Gasteiger charge is -2.04. The van der Waals surface area contributed by atoms with Crippen LogP contribution in [0.2, 0.25) is 0 Å². The van der Waals surface area contributed by atoms with Crippen LogP contribution in [0.5, 0.6) is 0 Å². The topological polar surface area (TPSA) is 66.0 Å². The molecule has 1 aromatic heterocycles. The Kier molecular flexibility index (Phi) is 3.72. The molecule has 94 valence electrons. The third-order valence-electron chi connectivity index (χ3n) is 2.56. The van der Waals surface area contributed by atoms with Crippen LogP contribution in [0.4, 0.5) is 0 Å². The quantitative estimate of drug-likeness (QED) is 0.831. The van der Waals surface area contributed by atoms with E-state index in [0.717, 1.165) is 11.3 Å². The zero-order valence-electron chi connectivity index (χ0n) is 10.2. The average molecular weight is 262 g/mol. The third kappa shape index (κ3) is 2.92. The van der Waals surface area contributed by atoms with Gasteiger partial charge in [-0.15, -0.1) is 0 Å². The SMILES string of the molecule is Cc1ccc(-c2cnc(SCC(=O)O)[nH]2)c(C)c1. The van der Waals surface area contributed by atoms with E-state index in [1.165, 1.54) is 22.9 Å². The second-order valence-electron chi connectivity index (χ2n) is 4.10. The molecule has 1 heterocycles. The molecule has 4 nitrogen and oxygen atoms in total. The Morgan fingerprint density at radius 3 is 2.89 bits per heavy atom. The van der Waals surface area contributed by atoms with Crippen LogP contribution in [0, 0.1) is 13.8 Å². The lowest BCUT2D eigenvalue weighted by atomic mass is 10.0. The number of nitrogens with one attached hydrogen (secondary N) is 1. The maximum atomic E-state index is 10.5. The molecule has 2 rings (SSSR count). The zero-order chi connectivity index (χ0) is 13.1. The van der Waals surface area contributed by atoms with E-state index >= 15 is 0 Å².